The molecule has 0 saturated heterocycles. The van der Waals surface area contributed by atoms with E-state index in [9.17, 15) is 4.79 Å². The fourth-order valence-corrected chi connectivity index (χ4v) is 2.33. The lowest BCUT2D eigenvalue weighted by Crippen LogP contribution is -2.28. The number of carbonyl (C=O) groups excluding carboxylic acids is 1. The summed E-state index contributed by atoms with van der Waals surface area (Å²) in [5, 5.41) is 3.98. The average molecular weight is 303 g/mol. The zero-order valence-electron chi connectivity index (χ0n) is 12.4. The van der Waals surface area contributed by atoms with Gasteiger partial charge in [0.25, 0.3) is 0 Å². The standard InChI is InChI=1S/C16H21N3OS/c1-11(2)5-7-18-15(20)10-19-8-6-12-9-13(16(17)21)3-4-14(12)19/h3-4,6,8-9,11H,5,7,10H2,1-2H3,(H2,17,21)(H,18,20). The van der Waals surface area contributed by atoms with Gasteiger partial charge in [-0.3, -0.25) is 4.79 Å². The van der Waals surface area contributed by atoms with Crippen LogP contribution >= 0.6 is 12.2 Å². The molecule has 3 N–H and O–H groups in total. The molecule has 112 valence electrons. The van der Waals surface area contributed by atoms with E-state index in [0.29, 0.717) is 17.5 Å². The molecular formula is C16H21N3OS. The van der Waals surface area contributed by atoms with Gasteiger partial charge in [0.2, 0.25) is 5.91 Å². The van der Waals surface area contributed by atoms with E-state index in [1.165, 1.54) is 0 Å². The zero-order valence-corrected chi connectivity index (χ0v) is 13.2. The maximum Gasteiger partial charge on any atom is 0.239 e. The van der Waals surface area contributed by atoms with Crippen LogP contribution in [0.3, 0.4) is 0 Å². The van der Waals surface area contributed by atoms with Crippen LogP contribution in [0.25, 0.3) is 10.9 Å². The predicted molar refractivity (Wildman–Crippen MR) is 90.3 cm³/mol. The number of rotatable bonds is 6. The monoisotopic (exact) mass is 303 g/mol. The number of hydrogen-bond acceptors (Lipinski definition) is 2. The maximum atomic E-state index is 11.9. The molecule has 4 nitrogen and oxygen atoms in total. The summed E-state index contributed by atoms with van der Waals surface area (Å²) in [6.45, 7) is 5.34. The lowest BCUT2D eigenvalue weighted by atomic mass is 10.1. The molecule has 0 aliphatic carbocycles. The summed E-state index contributed by atoms with van der Waals surface area (Å²) < 4.78 is 1.93. The Bertz CT molecular complexity index is 661. The highest BCUT2D eigenvalue weighted by Gasteiger charge is 2.07. The highest BCUT2D eigenvalue weighted by atomic mass is 32.1. The molecule has 0 bridgehead atoms. The van der Waals surface area contributed by atoms with Gasteiger partial charge in [0, 0.05) is 29.2 Å². The first-order valence-electron chi connectivity index (χ1n) is 7.13. The van der Waals surface area contributed by atoms with Crippen LogP contribution in [-0.4, -0.2) is 22.0 Å². The molecule has 0 atom stereocenters. The molecule has 1 aromatic carbocycles. The fraction of sp³-hybridized carbons (Fsp3) is 0.375. The van der Waals surface area contributed by atoms with Crippen molar-refractivity contribution < 1.29 is 4.79 Å². The Morgan fingerprint density at radius 3 is 2.81 bits per heavy atom. The lowest BCUT2D eigenvalue weighted by Gasteiger charge is -2.09. The van der Waals surface area contributed by atoms with Crippen LogP contribution in [0, 0.1) is 5.92 Å². The Balaban J connectivity index is 2.05. The molecule has 1 aromatic heterocycles. The van der Waals surface area contributed by atoms with E-state index in [1.54, 1.807) is 0 Å². The minimum absolute atomic E-state index is 0.0339. The Hall–Kier alpha value is -1.88. The maximum absolute atomic E-state index is 11.9. The summed E-state index contributed by atoms with van der Waals surface area (Å²) in [5.74, 6) is 0.628. The Labute approximate surface area is 130 Å². The van der Waals surface area contributed by atoms with Crippen molar-refractivity contribution in [3.63, 3.8) is 0 Å². The number of hydrogen-bond donors (Lipinski definition) is 2. The first kappa shape index (κ1) is 15.5. The molecule has 0 aliphatic rings. The molecular weight excluding hydrogens is 282 g/mol. The van der Waals surface area contributed by atoms with Gasteiger partial charge in [-0.15, -0.1) is 0 Å². The van der Waals surface area contributed by atoms with Crippen molar-refractivity contribution in [2.24, 2.45) is 11.7 Å². The lowest BCUT2D eigenvalue weighted by molar-refractivity contribution is -0.121. The molecule has 0 fully saturated rings. The first-order chi connectivity index (χ1) is 9.97. The highest BCUT2D eigenvalue weighted by Crippen LogP contribution is 2.17. The summed E-state index contributed by atoms with van der Waals surface area (Å²) in [4.78, 5) is 12.3. The zero-order chi connectivity index (χ0) is 15.4. The molecule has 0 spiro atoms. The number of carbonyl (C=O) groups is 1. The number of thiocarbonyl (C=S) groups is 1. The summed E-state index contributed by atoms with van der Waals surface area (Å²) in [6.07, 6.45) is 2.91. The molecule has 2 rings (SSSR count). The molecule has 1 amide bonds. The van der Waals surface area contributed by atoms with Crippen LogP contribution < -0.4 is 11.1 Å². The van der Waals surface area contributed by atoms with Gasteiger partial charge in [0.05, 0.1) is 0 Å². The number of nitrogens with one attached hydrogen (secondary N) is 1. The smallest absolute Gasteiger partial charge is 0.239 e. The molecule has 1 heterocycles. The van der Waals surface area contributed by atoms with Crippen molar-refractivity contribution in [2.75, 3.05) is 6.54 Å². The van der Waals surface area contributed by atoms with Crippen molar-refractivity contribution in [3.05, 3.63) is 36.0 Å². The van der Waals surface area contributed by atoms with E-state index >= 15 is 0 Å². The van der Waals surface area contributed by atoms with Crippen molar-refractivity contribution in [2.45, 2.75) is 26.8 Å². The molecule has 0 unspecified atom stereocenters. The summed E-state index contributed by atoms with van der Waals surface area (Å²) in [5.41, 5.74) is 7.48. The molecule has 21 heavy (non-hydrogen) atoms. The van der Waals surface area contributed by atoms with Crippen LogP contribution in [0.1, 0.15) is 25.8 Å². The van der Waals surface area contributed by atoms with Crippen molar-refractivity contribution in [1.29, 1.82) is 0 Å². The minimum atomic E-state index is 0.0339. The number of amides is 1. The van der Waals surface area contributed by atoms with E-state index in [1.807, 2.05) is 35.0 Å². The Kier molecular flexibility index (Phi) is 4.96. The minimum Gasteiger partial charge on any atom is -0.389 e. The van der Waals surface area contributed by atoms with E-state index in [0.717, 1.165) is 29.4 Å². The highest BCUT2D eigenvalue weighted by molar-refractivity contribution is 7.80. The van der Waals surface area contributed by atoms with Crippen LogP contribution in [0.2, 0.25) is 0 Å². The van der Waals surface area contributed by atoms with Crippen molar-refractivity contribution in [1.82, 2.24) is 9.88 Å². The number of nitrogens with two attached hydrogens (primary N) is 1. The van der Waals surface area contributed by atoms with E-state index in [-0.39, 0.29) is 5.91 Å². The van der Waals surface area contributed by atoms with Gasteiger partial charge in [0.15, 0.2) is 0 Å². The van der Waals surface area contributed by atoms with Crippen LogP contribution in [0.4, 0.5) is 0 Å². The van der Waals surface area contributed by atoms with Gasteiger partial charge in [-0.05, 0) is 36.6 Å². The van der Waals surface area contributed by atoms with Gasteiger partial charge < -0.3 is 15.6 Å². The molecule has 2 aromatic rings. The average Bonchev–Trinajstić information content (AvgIpc) is 2.80. The number of aromatic nitrogens is 1. The topological polar surface area (TPSA) is 60.0 Å². The number of fused-ring (bicyclic) bond motifs is 1. The van der Waals surface area contributed by atoms with E-state index in [4.69, 9.17) is 18.0 Å². The van der Waals surface area contributed by atoms with E-state index < -0.39 is 0 Å². The van der Waals surface area contributed by atoms with Crippen LogP contribution in [-0.2, 0) is 11.3 Å². The van der Waals surface area contributed by atoms with Gasteiger partial charge in [0.1, 0.15) is 11.5 Å². The van der Waals surface area contributed by atoms with Gasteiger partial charge >= 0.3 is 0 Å². The Morgan fingerprint density at radius 2 is 2.14 bits per heavy atom. The molecule has 0 radical (unpaired) electrons. The van der Waals surface area contributed by atoms with Crippen molar-refractivity contribution in [3.8, 4) is 0 Å². The SMILES string of the molecule is CC(C)CCNC(=O)Cn1ccc2cc(C(N)=S)ccc21. The predicted octanol–water partition coefficient (Wildman–Crippen LogP) is 2.44. The molecule has 0 aliphatic heterocycles. The summed E-state index contributed by atoms with van der Waals surface area (Å²) in [7, 11) is 0. The van der Waals surface area contributed by atoms with Crippen LogP contribution in [0.5, 0.6) is 0 Å². The molecule has 5 heteroatoms. The third-order valence-electron chi connectivity index (χ3n) is 3.41. The van der Waals surface area contributed by atoms with Crippen LogP contribution in [0.15, 0.2) is 30.5 Å². The first-order valence-corrected chi connectivity index (χ1v) is 7.53. The largest absolute Gasteiger partial charge is 0.389 e. The second-order valence-corrected chi connectivity index (χ2v) is 6.05. The third kappa shape index (κ3) is 4.04. The third-order valence-corrected chi connectivity index (χ3v) is 3.65. The van der Waals surface area contributed by atoms with Gasteiger partial charge in [-0.2, -0.15) is 0 Å². The normalized spacial score (nSPS) is 11.0. The fourth-order valence-electron chi connectivity index (χ4n) is 2.20. The second-order valence-electron chi connectivity index (χ2n) is 5.61. The van der Waals surface area contributed by atoms with E-state index in [2.05, 4.69) is 19.2 Å². The molecule has 0 saturated carbocycles. The second kappa shape index (κ2) is 6.72. The summed E-state index contributed by atoms with van der Waals surface area (Å²) in [6, 6.07) is 7.76. The van der Waals surface area contributed by atoms with Crippen molar-refractivity contribution >= 4 is 34.0 Å². The van der Waals surface area contributed by atoms with Gasteiger partial charge in [-0.25, -0.2) is 0 Å². The summed E-state index contributed by atoms with van der Waals surface area (Å²) >= 11 is 4.98. The quantitative estimate of drug-likeness (QED) is 0.806. The number of benzene rings is 1. The number of nitrogens with zero attached hydrogens (tertiary/aromatic N) is 1. The Morgan fingerprint density at radius 1 is 1.38 bits per heavy atom. The van der Waals surface area contributed by atoms with Gasteiger partial charge in [-0.1, -0.05) is 26.1 Å².